The van der Waals surface area contributed by atoms with Crippen LogP contribution in [0.25, 0.3) is 16.2 Å². The molecule has 2 heteroatoms. The number of fused-ring (bicyclic) bond motifs is 1. The van der Waals surface area contributed by atoms with Crippen molar-refractivity contribution >= 4 is 27.5 Å². The molecule has 1 N–H and O–H groups in total. The first kappa shape index (κ1) is 10.1. The number of rotatable bonds is 1. The van der Waals surface area contributed by atoms with Gasteiger partial charge >= 0.3 is 0 Å². The zero-order chi connectivity index (χ0) is 10.8. The molecule has 1 fully saturated rings. The third-order valence-electron chi connectivity index (χ3n) is 3.07. The van der Waals surface area contributed by atoms with Crippen LogP contribution < -0.4 is 5.32 Å². The monoisotopic (exact) mass is 229 g/mol. The van der Waals surface area contributed by atoms with Gasteiger partial charge in [-0.25, -0.2) is 0 Å². The second-order valence-electron chi connectivity index (χ2n) is 4.27. The maximum atomic E-state index is 3.43. The molecule has 0 bridgehead atoms. The first-order valence-corrected chi connectivity index (χ1v) is 6.68. The number of nitrogens with one attached hydrogen (secondary N) is 1. The molecule has 1 aromatic carbocycles. The van der Waals surface area contributed by atoms with Gasteiger partial charge in [-0.3, -0.25) is 0 Å². The molecule has 1 aliphatic rings. The van der Waals surface area contributed by atoms with E-state index in [1.807, 2.05) is 11.3 Å². The Kier molecular flexibility index (Phi) is 2.77. The molecule has 1 aliphatic heterocycles. The minimum absolute atomic E-state index is 1.06. The van der Waals surface area contributed by atoms with Gasteiger partial charge in [0.1, 0.15) is 0 Å². The van der Waals surface area contributed by atoms with E-state index in [4.69, 9.17) is 0 Å². The predicted molar refractivity (Wildman–Crippen MR) is 71.9 cm³/mol. The van der Waals surface area contributed by atoms with Crippen molar-refractivity contribution in [2.45, 2.75) is 12.8 Å². The van der Waals surface area contributed by atoms with Crippen molar-refractivity contribution < 1.29 is 0 Å². The van der Waals surface area contributed by atoms with E-state index in [2.05, 4.69) is 41.0 Å². The Hall–Kier alpha value is -1.12. The van der Waals surface area contributed by atoms with Gasteiger partial charge in [0.25, 0.3) is 0 Å². The van der Waals surface area contributed by atoms with Crippen molar-refractivity contribution in [1.82, 2.24) is 5.32 Å². The average molecular weight is 229 g/mol. The molecule has 0 radical (unpaired) electrons. The molecule has 0 aliphatic carbocycles. The lowest BCUT2D eigenvalue weighted by molar-refractivity contribution is 0.613. The molecular weight excluding hydrogens is 214 g/mol. The van der Waals surface area contributed by atoms with E-state index in [0.717, 1.165) is 6.54 Å². The van der Waals surface area contributed by atoms with Crippen LogP contribution in [0.4, 0.5) is 0 Å². The van der Waals surface area contributed by atoms with Crippen LogP contribution in [0.1, 0.15) is 18.4 Å². The van der Waals surface area contributed by atoms with Crippen LogP contribution in [0.3, 0.4) is 0 Å². The molecule has 0 atom stereocenters. The summed E-state index contributed by atoms with van der Waals surface area (Å²) in [6, 6.07) is 8.64. The van der Waals surface area contributed by atoms with Crippen LogP contribution >= 0.6 is 11.3 Å². The molecule has 16 heavy (non-hydrogen) atoms. The van der Waals surface area contributed by atoms with Crippen molar-refractivity contribution in [1.29, 1.82) is 0 Å². The Morgan fingerprint density at radius 3 is 3.06 bits per heavy atom. The summed E-state index contributed by atoms with van der Waals surface area (Å²) in [4.78, 5) is 0. The van der Waals surface area contributed by atoms with E-state index in [1.165, 1.54) is 40.6 Å². The molecule has 0 saturated carbocycles. The highest BCUT2D eigenvalue weighted by Gasteiger charge is 2.06. The van der Waals surface area contributed by atoms with E-state index < -0.39 is 0 Å². The maximum Gasteiger partial charge on any atom is 0.0348 e. The molecule has 1 aromatic heterocycles. The first-order valence-electron chi connectivity index (χ1n) is 5.80. The third-order valence-corrected chi connectivity index (χ3v) is 4.06. The summed E-state index contributed by atoms with van der Waals surface area (Å²) in [7, 11) is 0. The predicted octanol–water partition coefficient (Wildman–Crippen LogP) is 3.67. The molecule has 2 aromatic rings. The fourth-order valence-electron chi connectivity index (χ4n) is 2.23. The molecule has 0 spiro atoms. The number of piperidine rings is 1. The number of thiophene rings is 1. The van der Waals surface area contributed by atoms with Crippen LogP contribution in [0.15, 0.2) is 35.2 Å². The van der Waals surface area contributed by atoms with E-state index in [0.29, 0.717) is 0 Å². The zero-order valence-corrected chi connectivity index (χ0v) is 10.0. The Labute approximate surface area is 99.8 Å². The molecule has 3 rings (SSSR count). The summed E-state index contributed by atoms with van der Waals surface area (Å²) in [5.74, 6) is 0. The van der Waals surface area contributed by atoms with Crippen molar-refractivity contribution in [3.05, 3.63) is 40.8 Å². The van der Waals surface area contributed by atoms with Gasteiger partial charge < -0.3 is 5.32 Å². The minimum Gasteiger partial charge on any atom is -0.313 e. The van der Waals surface area contributed by atoms with Gasteiger partial charge in [-0.05, 0) is 41.8 Å². The first-order chi connectivity index (χ1) is 7.93. The van der Waals surface area contributed by atoms with Gasteiger partial charge in [0.2, 0.25) is 0 Å². The lowest BCUT2D eigenvalue weighted by Crippen LogP contribution is -2.23. The highest BCUT2D eigenvalue weighted by atomic mass is 32.1. The van der Waals surface area contributed by atoms with Gasteiger partial charge in [0.05, 0.1) is 0 Å². The molecule has 0 unspecified atom stereocenters. The molecule has 2 heterocycles. The Morgan fingerprint density at radius 2 is 2.19 bits per heavy atom. The summed E-state index contributed by atoms with van der Waals surface area (Å²) in [6.45, 7) is 2.23. The van der Waals surface area contributed by atoms with Gasteiger partial charge in [-0.1, -0.05) is 29.8 Å². The number of hydrogen-bond acceptors (Lipinski definition) is 2. The Bertz CT molecular complexity index is 516. The average Bonchev–Trinajstić information content (AvgIpc) is 2.74. The van der Waals surface area contributed by atoms with Crippen molar-refractivity contribution in [3.8, 4) is 0 Å². The second kappa shape index (κ2) is 4.40. The Balaban J connectivity index is 1.99. The molecule has 0 amide bonds. The normalized spacial score (nSPS) is 19.4. The summed E-state index contributed by atoms with van der Waals surface area (Å²) in [5.41, 5.74) is 2.93. The van der Waals surface area contributed by atoms with Gasteiger partial charge in [-0.2, -0.15) is 0 Å². The summed E-state index contributed by atoms with van der Waals surface area (Å²) in [5, 5.41) is 7.09. The van der Waals surface area contributed by atoms with Crippen LogP contribution in [0.5, 0.6) is 0 Å². The summed E-state index contributed by atoms with van der Waals surface area (Å²) < 4.78 is 1.39. The van der Waals surface area contributed by atoms with Crippen LogP contribution in [0.2, 0.25) is 0 Å². The van der Waals surface area contributed by atoms with Gasteiger partial charge in [0, 0.05) is 11.2 Å². The quantitative estimate of drug-likeness (QED) is 0.786. The summed E-state index contributed by atoms with van der Waals surface area (Å²) >= 11 is 1.84. The fourth-order valence-corrected chi connectivity index (χ4v) is 3.15. The summed E-state index contributed by atoms with van der Waals surface area (Å²) in [6.07, 6.45) is 4.88. The second-order valence-corrected chi connectivity index (χ2v) is 5.18. The number of hydrogen-bond donors (Lipinski definition) is 1. The van der Waals surface area contributed by atoms with Gasteiger partial charge in [-0.15, -0.1) is 11.3 Å². The van der Waals surface area contributed by atoms with E-state index in [9.17, 15) is 0 Å². The maximum absolute atomic E-state index is 3.43. The minimum atomic E-state index is 1.06. The van der Waals surface area contributed by atoms with Crippen LogP contribution in [-0.4, -0.2) is 13.1 Å². The smallest absolute Gasteiger partial charge is 0.0348 e. The highest BCUT2D eigenvalue weighted by molar-refractivity contribution is 7.17. The lowest BCUT2D eigenvalue weighted by atomic mass is 10.0. The van der Waals surface area contributed by atoms with Crippen molar-refractivity contribution in [3.63, 3.8) is 0 Å². The molecular formula is C14H15NS. The van der Waals surface area contributed by atoms with Crippen LogP contribution in [-0.2, 0) is 0 Å². The van der Waals surface area contributed by atoms with Gasteiger partial charge in [0.15, 0.2) is 0 Å². The molecule has 1 nitrogen and oxygen atoms in total. The molecule has 82 valence electrons. The molecule has 1 saturated heterocycles. The number of benzene rings is 1. The van der Waals surface area contributed by atoms with Crippen molar-refractivity contribution in [2.24, 2.45) is 0 Å². The topological polar surface area (TPSA) is 12.0 Å². The van der Waals surface area contributed by atoms with E-state index >= 15 is 0 Å². The SMILES string of the molecule is C(=C1CCCNC1)c1csc2ccccc12. The van der Waals surface area contributed by atoms with E-state index in [1.54, 1.807) is 0 Å². The zero-order valence-electron chi connectivity index (χ0n) is 9.20. The lowest BCUT2D eigenvalue weighted by Gasteiger charge is -2.14. The highest BCUT2D eigenvalue weighted by Crippen LogP contribution is 2.28. The largest absolute Gasteiger partial charge is 0.313 e. The van der Waals surface area contributed by atoms with Crippen molar-refractivity contribution in [2.75, 3.05) is 13.1 Å². The standard InChI is InChI=1S/C14H15NS/c1-2-6-14-13(5-1)12(10-16-14)8-11-4-3-7-15-9-11/h1-2,5-6,8,10,15H,3-4,7,9H2. The van der Waals surface area contributed by atoms with Crippen LogP contribution in [0, 0.1) is 0 Å². The third kappa shape index (κ3) is 1.91. The fraction of sp³-hybridized carbons (Fsp3) is 0.286. The Morgan fingerprint density at radius 1 is 1.25 bits per heavy atom. The van der Waals surface area contributed by atoms with E-state index in [-0.39, 0.29) is 0 Å².